The molecule has 3 rings (SSSR count). The van der Waals surface area contributed by atoms with Crippen LogP contribution in [-0.2, 0) is 22.7 Å². The van der Waals surface area contributed by atoms with Crippen molar-refractivity contribution < 1.29 is 26.4 Å². The zero-order chi connectivity index (χ0) is 22.8. The third kappa shape index (κ3) is 5.43. The number of hydrogen-bond acceptors (Lipinski definition) is 4. The highest BCUT2D eigenvalue weighted by molar-refractivity contribution is 7.92. The quantitative estimate of drug-likeness (QED) is 0.599. The van der Waals surface area contributed by atoms with Crippen molar-refractivity contribution in [1.29, 1.82) is 0 Å². The summed E-state index contributed by atoms with van der Waals surface area (Å²) in [4.78, 5) is 12.6. The molecule has 7 nitrogen and oxygen atoms in total. The standard InChI is InChI=1S/C20H19F3N4O3S/c1-13-7-9-15(10-8-13)27-18(20(21,22)23)16(12-25-27)19(28)24-11-14-5-3-4-6-17(14)26-31(2,29)30/h3-10,12,26H,11H2,1-2H3,(H,24,28). The molecule has 11 heteroatoms. The molecule has 31 heavy (non-hydrogen) atoms. The second-order valence-electron chi connectivity index (χ2n) is 6.87. The Morgan fingerprint density at radius 3 is 2.35 bits per heavy atom. The van der Waals surface area contributed by atoms with Crippen LogP contribution in [0, 0.1) is 6.92 Å². The largest absolute Gasteiger partial charge is 0.434 e. The van der Waals surface area contributed by atoms with Crippen LogP contribution in [0.1, 0.15) is 27.2 Å². The van der Waals surface area contributed by atoms with E-state index in [-0.39, 0.29) is 17.9 Å². The van der Waals surface area contributed by atoms with Gasteiger partial charge in [0.1, 0.15) is 0 Å². The Morgan fingerprint density at radius 2 is 1.74 bits per heavy atom. The lowest BCUT2D eigenvalue weighted by atomic mass is 10.1. The highest BCUT2D eigenvalue weighted by atomic mass is 32.2. The van der Waals surface area contributed by atoms with Gasteiger partial charge < -0.3 is 5.32 Å². The van der Waals surface area contributed by atoms with Gasteiger partial charge in [0.2, 0.25) is 10.0 Å². The molecule has 0 bridgehead atoms. The molecule has 0 radical (unpaired) electrons. The Kier molecular flexibility index (Phi) is 6.07. The van der Waals surface area contributed by atoms with Gasteiger partial charge >= 0.3 is 6.18 Å². The van der Waals surface area contributed by atoms with E-state index >= 15 is 0 Å². The van der Waals surface area contributed by atoms with Crippen LogP contribution in [0.25, 0.3) is 5.69 Å². The SMILES string of the molecule is Cc1ccc(-n2ncc(C(=O)NCc3ccccc3NS(C)(=O)=O)c2C(F)(F)F)cc1. The van der Waals surface area contributed by atoms with Gasteiger partial charge in [-0.05, 0) is 30.7 Å². The first-order valence-corrected chi connectivity index (χ1v) is 10.9. The molecule has 0 unspecified atom stereocenters. The fourth-order valence-corrected chi connectivity index (χ4v) is 3.51. The van der Waals surface area contributed by atoms with Crippen LogP contribution in [0.5, 0.6) is 0 Å². The van der Waals surface area contributed by atoms with Gasteiger partial charge in [-0.1, -0.05) is 35.9 Å². The van der Waals surface area contributed by atoms with Gasteiger partial charge in [-0.3, -0.25) is 9.52 Å². The fraction of sp³-hybridized carbons (Fsp3) is 0.200. The number of carbonyl (C=O) groups is 1. The van der Waals surface area contributed by atoms with Crippen molar-refractivity contribution in [3.63, 3.8) is 0 Å². The van der Waals surface area contributed by atoms with E-state index in [4.69, 9.17) is 0 Å². The monoisotopic (exact) mass is 452 g/mol. The van der Waals surface area contributed by atoms with Gasteiger partial charge in [0.05, 0.1) is 29.4 Å². The molecule has 0 aliphatic rings. The topological polar surface area (TPSA) is 93.1 Å². The number of aromatic nitrogens is 2. The highest BCUT2D eigenvalue weighted by Crippen LogP contribution is 2.33. The maximum absolute atomic E-state index is 13.8. The second-order valence-corrected chi connectivity index (χ2v) is 8.61. The summed E-state index contributed by atoms with van der Waals surface area (Å²) >= 11 is 0. The number of alkyl halides is 3. The summed E-state index contributed by atoms with van der Waals surface area (Å²) in [5, 5.41) is 6.17. The number of rotatable bonds is 6. The maximum Gasteiger partial charge on any atom is 0.434 e. The second kappa shape index (κ2) is 8.42. The first-order chi connectivity index (χ1) is 14.5. The van der Waals surface area contributed by atoms with Gasteiger partial charge in [0.25, 0.3) is 5.91 Å². The summed E-state index contributed by atoms with van der Waals surface area (Å²) in [5.74, 6) is -0.986. The first-order valence-electron chi connectivity index (χ1n) is 9.02. The molecular weight excluding hydrogens is 433 g/mol. The molecule has 3 aromatic rings. The van der Waals surface area contributed by atoms with Gasteiger partial charge in [-0.25, -0.2) is 13.1 Å². The molecule has 1 amide bonds. The summed E-state index contributed by atoms with van der Waals surface area (Å²) in [6, 6.07) is 12.5. The average Bonchev–Trinajstić information content (AvgIpc) is 3.12. The lowest BCUT2D eigenvalue weighted by Gasteiger charge is -2.14. The Morgan fingerprint density at radius 1 is 1.10 bits per heavy atom. The number of amides is 1. The fourth-order valence-electron chi connectivity index (χ4n) is 2.91. The maximum atomic E-state index is 13.8. The molecule has 2 aromatic carbocycles. The van der Waals surface area contributed by atoms with E-state index in [9.17, 15) is 26.4 Å². The van der Waals surface area contributed by atoms with Crippen LogP contribution in [0.4, 0.5) is 18.9 Å². The average molecular weight is 452 g/mol. The zero-order valence-corrected chi connectivity index (χ0v) is 17.4. The third-order valence-corrected chi connectivity index (χ3v) is 4.90. The number of anilines is 1. The van der Waals surface area contributed by atoms with Crippen molar-refractivity contribution in [1.82, 2.24) is 15.1 Å². The van der Waals surface area contributed by atoms with Crippen molar-refractivity contribution in [2.75, 3.05) is 11.0 Å². The molecule has 0 aliphatic carbocycles. The number of benzene rings is 2. The number of hydrogen-bond donors (Lipinski definition) is 2. The molecule has 2 N–H and O–H groups in total. The Balaban J connectivity index is 1.89. The third-order valence-electron chi connectivity index (χ3n) is 4.31. The summed E-state index contributed by atoms with van der Waals surface area (Å²) in [5.41, 5.74) is -0.195. The molecule has 164 valence electrons. The van der Waals surface area contributed by atoms with Gasteiger partial charge in [0.15, 0.2) is 5.69 Å². The first kappa shape index (κ1) is 22.3. The minimum atomic E-state index is -4.83. The van der Waals surface area contributed by atoms with E-state index in [1.165, 1.54) is 18.2 Å². The molecule has 0 saturated carbocycles. The number of nitrogens with zero attached hydrogens (tertiary/aromatic N) is 2. The van der Waals surface area contributed by atoms with Crippen molar-refractivity contribution in [2.24, 2.45) is 0 Å². The number of halogens is 3. The van der Waals surface area contributed by atoms with Crippen molar-refractivity contribution in [3.8, 4) is 5.69 Å². The van der Waals surface area contributed by atoms with E-state index in [1.807, 2.05) is 0 Å². The van der Waals surface area contributed by atoms with Crippen LogP contribution in [0.2, 0.25) is 0 Å². The Labute approximate surface area is 176 Å². The molecule has 0 aliphatic heterocycles. The molecule has 0 atom stereocenters. The summed E-state index contributed by atoms with van der Waals surface area (Å²) in [6.07, 6.45) is -3.00. The molecule has 0 spiro atoms. The van der Waals surface area contributed by atoms with Crippen molar-refractivity contribution in [3.05, 3.63) is 77.1 Å². The van der Waals surface area contributed by atoms with Gasteiger partial charge in [0, 0.05) is 6.54 Å². The molecule has 0 fully saturated rings. The van der Waals surface area contributed by atoms with E-state index in [2.05, 4.69) is 15.1 Å². The number of nitrogens with one attached hydrogen (secondary N) is 2. The van der Waals surface area contributed by atoms with Crippen molar-refractivity contribution in [2.45, 2.75) is 19.6 Å². The predicted octanol–water partition coefficient (Wildman–Crippen LogP) is 3.50. The minimum Gasteiger partial charge on any atom is -0.348 e. The predicted molar refractivity (Wildman–Crippen MR) is 109 cm³/mol. The van der Waals surface area contributed by atoms with Crippen LogP contribution < -0.4 is 10.0 Å². The minimum absolute atomic E-state index is 0.166. The van der Waals surface area contributed by atoms with Crippen molar-refractivity contribution >= 4 is 21.6 Å². The number of carbonyl (C=O) groups excluding carboxylic acids is 1. The summed E-state index contributed by atoms with van der Waals surface area (Å²) < 4.78 is 67.2. The Bertz CT molecular complexity index is 1200. The normalized spacial score (nSPS) is 11.9. The van der Waals surface area contributed by atoms with E-state index in [1.54, 1.807) is 37.3 Å². The molecule has 0 saturated heterocycles. The van der Waals surface area contributed by atoms with E-state index < -0.39 is 33.4 Å². The number of para-hydroxylation sites is 1. The summed E-state index contributed by atoms with van der Waals surface area (Å²) in [7, 11) is -3.57. The smallest absolute Gasteiger partial charge is 0.348 e. The zero-order valence-electron chi connectivity index (χ0n) is 16.6. The van der Waals surface area contributed by atoms with E-state index in [0.29, 0.717) is 10.2 Å². The van der Waals surface area contributed by atoms with Crippen LogP contribution >= 0.6 is 0 Å². The number of aryl methyl sites for hydroxylation is 1. The molecule has 1 heterocycles. The van der Waals surface area contributed by atoms with Crippen LogP contribution in [0.3, 0.4) is 0 Å². The number of sulfonamides is 1. The van der Waals surface area contributed by atoms with Gasteiger partial charge in [-0.2, -0.15) is 18.3 Å². The van der Waals surface area contributed by atoms with E-state index in [0.717, 1.165) is 18.0 Å². The lowest BCUT2D eigenvalue weighted by molar-refractivity contribution is -0.143. The van der Waals surface area contributed by atoms with Gasteiger partial charge in [-0.15, -0.1) is 0 Å². The molecular formula is C20H19F3N4O3S. The summed E-state index contributed by atoms with van der Waals surface area (Å²) in [6.45, 7) is 1.61. The highest BCUT2D eigenvalue weighted by Gasteiger charge is 2.40. The molecule has 1 aromatic heterocycles. The van der Waals surface area contributed by atoms with Crippen LogP contribution in [0.15, 0.2) is 54.7 Å². The lowest BCUT2D eigenvalue weighted by Crippen LogP contribution is -2.27. The Hall–Kier alpha value is -3.34. The van der Waals surface area contributed by atoms with Crippen LogP contribution in [-0.4, -0.2) is 30.4 Å².